The minimum atomic E-state index is 0.679. The zero-order valence-electron chi connectivity index (χ0n) is 9.71. The molecule has 0 bridgehead atoms. The van der Waals surface area contributed by atoms with Crippen LogP contribution in [0.15, 0.2) is 40.9 Å². The van der Waals surface area contributed by atoms with E-state index < -0.39 is 0 Å². The molecule has 2 rings (SSSR count). The van der Waals surface area contributed by atoms with Crippen LogP contribution < -0.4 is 4.74 Å². The lowest BCUT2D eigenvalue weighted by Gasteiger charge is -2.12. The maximum Gasteiger partial charge on any atom is 0.141 e. The molecule has 0 heterocycles. The molecular formula is C14H11Br2ClO. The summed E-state index contributed by atoms with van der Waals surface area (Å²) in [6, 6.07) is 11.6. The zero-order chi connectivity index (χ0) is 13.1. The van der Waals surface area contributed by atoms with Crippen LogP contribution >= 0.6 is 43.5 Å². The molecule has 0 aliphatic carbocycles. The van der Waals surface area contributed by atoms with E-state index in [-0.39, 0.29) is 0 Å². The van der Waals surface area contributed by atoms with Gasteiger partial charge in [-0.05, 0) is 47.1 Å². The molecule has 0 unspecified atom stereocenters. The molecule has 1 nitrogen and oxygen atoms in total. The molecule has 2 aromatic carbocycles. The van der Waals surface area contributed by atoms with Gasteiger partial charge in [-0.1, -0.05) is 45.2 Å². The quantitative estimate of drug-likeness (QED) is 0.576. The van der Waals surface area contributed by atoms with Gasteiger partial charge in [0.25, 0.3) is 0 Å². The number of halogens is 3. The van der Waals surface area contributed by atoms with Crippen LogP contribution in [-0.2, 0) is 5.33 Å². The summed E-state index contributed by atoms with van der Waals surface area (Å²) in [5, 5.41) is 1.44. The second-order valence-electron chi connectivity index (χ2n) is 3.92. The molecule has 2 aromatic rings. The van der Waals surface area contributed by atoms with Crippen LogP contribution in [0.4, 0.5) is 0 Å². The van der Waals surface area contributed by atoms with Crippen molar-refractivity contribution in [2.75, 3.05) is 0 Å². The fourth-order valence-corrected chi connectivity index (χ4v) is 2.79. The highest BCUT2D eigenvalue weighted by molar-refractivity contribution is 9.10. The summed E-state index contributed by atoms with van der Waals surface area (Å²) in [6.07, 6.45) is 0. The Morgan fingerprint density at radius 2 is 1.83 bits per heavy atom. The fourth-order valence-electron chi connectivity index (χ4n) is 1.59. The van der Waals surface area contributed by atoms with Crippen LogP contribution in [-0.4, -0.2) is 0 Å². The lowest BCUT2D eigenvalue weighted by atomic mass is 10.1. The Morgan fingerprint density at radius 1 is 1.11 bits per heavy atom. The Labute approximate surface area is 128 Å². The van der Waals surface area contributed by atoms with Crippen molar-refractivity contribution in [3.8, 4) is 11.5 Å². The summed E-state index contributed by atoms with van der Waals surface area (Å²) in [5.41, 5.74) is 2.34. The molecule has 0 spiro atoms. The summed E-state index contributed by atoms with van der Waals surface area (Å²) in [4.78, 5) is 0. The van der Waals surface area contributed by atoms with Crippen molar-refractivity contribution in [2.45, 2.75) is 12.3 Å². The van der Waals surface area contributed by atoms with E-state index in [2.05, 4.69) is 44.8 Å². The van der Waals surface area contributed by atoms with Crippen LogP contribution in [0, 0.1) is 6.92 Å². The van der Waals surface area contributed by atoms with Crippen molar-refractivity contribution >= 4 is 43.5 Å². The monoisotopic (exact) mass is 388 g/mol. The predicted molar refractivity (Wildman–Crippen MR) is 83.0 cm³/mol. The second kappa shape index (κ2) is 6.09. The number of ether oxygens (including phenoxy) is 1. The van der Waals surface area contributed by atoms with Gasteiger partial charge in [-0.15, -0.1) is 0 Å². The van der Waals surface area contributed by atoms with Crippen LogP contribution in [0.25, 0.3) is 0 Å². The highest BCUT2D eigenvalue weighted by Crippen LogP contribution is 2.34. The molecule has 0 saturated carbocycles. The summed E-state index contributed by atoms with van der Waals surface area (Å²) in [7, 11) is 0. The smallest absolute Gasteiger partial charge is 0.141 e. The number of alkyl halides is 1. The Hall–Kier alpha value is -0.510. The van der Waals surface area contributed by atoms with Crippen molar-refractivity contribution in [3.05, 3.63) is 57.0 Å². The maximum atomic E-state index is 5.91. The highest BCUT2D eigenvalue weighted by atomic mass is 79.9. The third-order valence-corrected chi connectivity index (χ3v) is 3.93. The molecule has 0 aliphatic rings. The standard InChI is InChI=1S/C14H11Br2ClO/c1-9-2-4-13(10(6-9)8-15)18-14-5-3-11(17)7-12(14)16/h2-7H,8H2,1H3. The average molecular weight is 391 g/mol. The van der Waals surface area contributed by atoms with E-state index in [1.54, 1.807) is 0 Å². The summed E-state index contributed by atoms with van der Waals surface area (Å²) in [6.45, 7) is 2.06. The Morgan fingerprint density at radius 3 is 2.50 bits per heavy atom. The van der Waals surface area contributed by atoms with E-state index in [0.29, 0.717) is 5.02 Å². The first-order chi connectivity index (χ1) is 8.60. The third-order valence-electron chi connectivity index (χ3n) is 2.47. The first-order valence-electron chi connectivity index (χ1n) is 5.38. The van der Waals surface area contributed by atoms with Gasteiger partial charge in [-0.25, -0.2) is 0 Å². The van der Waals surface area contributed by atoms with Gasteiger partial charge in [0.15, 0.2) is 0 Å². The van der Waals surface area contributed by atoms with Crippen LogP contribution in [0.3, 0.4) is 0 Å². The van der Waals surface area contributed by atoms with E-state index in [4.69, 9.17) is 16.3 Å². The second-order valence-corrected chi connectivity index (χ2v) is 5.77. The summed E-state index contributed by atoms with van der Waals surface area (Å²) in [5.74, 6) is 1.60. The molecule has 0 fully saturated rings. The number of hydrogen-bond donors (Lipinski definition) is 0. The predicted octanol–water partition coefficient (Wildman–Crippen LogP) is 6.10. The molecule has 4 heteroatoms. The molecule has 0 amide bonds. The third kappa shape index (κ3) is 3.28. The van der Waals surface area contributed by atoms with Crippen LogP contribution in [0.1, 0.15) is 11.1 Å². The van der Waals surface area contributed by atoms with E-state index in [0.717, 1.165) is 26.9 Å². The van der Waals surface area contributed by atoms with Gasteiger partial charge in [-0.2, -0.15) is 0 Å². The molecule has 18 heavy (non-hydrogen) atoms. The lowest BCUT2D eigenvalue weighted by Crippen LogP contribution is -1.91. The lowest BCUT2D eigenvalue weighted by molar-refractivity contribution is 0.475. The van der Waals surface area contributed by atoms with E-state index in [1.165, 1.54) is 5.56 Å². The first kappa shape index (κ1) is 13.9. The van der Waals surface area contributed by atoms with Gasteiger partial charge in [-0.3, -0.25) is 0 Å². The summed E-state index contributed by atoms with van der Waals surface area (Å²) < 4.78 is 6.75. The molecule has 0 radical (unpaired) electrons. The molecule has 0 aliphatic heterocycles. The molecule has 0 N–H and O–H groups in total. The van der Waals surface area contributed by atoms with Gasteiger partial charge in [0.2, 0.25) is 0 Å². The van der Waals surface area contributed by atoms with Crippen molar-refractivity contribution < 1.29 is 4.74 Å². The first-order valence-corrected chi connectivity index (χ1v) is 7.68. The van der Waals surface area contributed by atoms with Gasteiger partial charge in [0.05, 0.1) is 4.47 Å². The molecule has 94 valence electrons. The molecular weight excluding hydrogens is 379 g/mol. The van der Waals surface area contributed by atoms with Crippen LogP contribution in [0.5, 0.6) is 11.5 Å². The Balaban J connectivity index is 2.33. The molecule has 0 atom stereocenters. The number of rotatable bonds is 3. The van der Waals surface area contributed by atoms with Crippen molar-refractivity contribution in [1.82, 2.24) is 0 Å². The number of hydrogen-bond acceptors (Lipinski definition) is 1. The molecule has 0 aromatic heterocycles. The van der Waals surface area contributed by atoms with E-state index in [1.807, 2.05) is 30.3 Å². The van der Waals surface area contributed by atoms with E-state index >= 15 is 0 Å². The number of benzene rings is 2. The van der Waals surface area contributed by atoms with Gasteiger partial charge >= 0.3 is 0 Å². The van der Waals surface area contributed by atoms with Crippen molar-refractivity contribution in [2.24, 2.45) is 0 Å². The van der Waals surface area contributed by atoms with E-state index in [9.17, 15) is 0 Å². The van der Waals surface area contributed by atoms with Gasteiger partial charge in [0.1, 0.15) is 11.5 Å². The highest BCUT2D eigenvalue weighted by Gasteiger charge is 2.07. The van der Waals surface area contributed by atoms with Crippen molar-refractivity contribution in [1.29, 1.82) is 0 Å². The fraction of sp³-hybridized carbons (Fsp3) is 0.143. The van der Waals surface area contributed by atoms with Gasteiger partial charge < -0.3 is 4.74 Å². The average Bonchev–Trinajstić information content (AvgIpc) is 2.34. The topological polar surface area (TPSA) is 9.23 Å². The van der Waals surface area contributed by atoms with Gasteiger partial charge in [0, 0.05) is 15.9 Å². The summed E-state index contributed by atoms with van der Waals surface area (Å²) >= 11 is 12.8. The largest absolute Gasteiger partial charge is 0.456 e. The normalized spacial score (nSPS) is 10.4. The minimum Gasteiger partial charge on any atom is -0.456 e. The van der Waals surface area contributed by atoms with Crippen LogP contribution in [0.2, 0.25) is 5.02 Å². The van der Waals surface area contributed by atoms with Crippen molar-refractivity contribution in [3.63, 3.8) is 0 Å². The zero-order valence-corrected chi connectivity index (χ0v) is 13.6. The Kier molecular flexibility index (Phi) is 4.71. The Bertz CT molecular complexity index is 570. The molecule has 0 saturated heterocycles. The minimum absolute atomic E-state index is 0.679. The number of aryl methyl sites for hydroxylation is 1. The SMILES string of the molecule is Cc1ccc(Oc2ccc(Cl)cc2Br)c(CBr)c1. The maximum absolute atomic E-state index is 5.91.